The van der Waals surface area contributed by atoms with E-state index in [1.54, 1.807) is 6.20 Å². The molecule has 0 saturated carbocycles. The van der Waals surface area contributed by atoms with Crippen LogP contribution in [-0.4, -0.2) is 37.5 Å². The van der Waals surface area contributed by atoms with Crippen molar-refractivity contribution >= 4 is 10.0 Å². The Labute approximate surface area is 108 Å². The summed E-state index contributed by atoms with van der Waals surface area (Å²) in [5, 5.41) is 6.78. The van der Waals surface area contributed by atoms with Gasteiger partial charge in [0.15, 0.2) is 0 Å². The zero-order chi connectivity index (χ0) is 13.4. The van der Waals surface area contributed by atoms with E-state index in [-0.39, 0.29) is 5.75 Å². The summed E-state index contributed by atoms with van der Waals surface area (Å²) in [5.41, 5.74) is 7.50. The van der Waals surface area contributed by atoms with Crippen LogP contribution in [0.5, 0.6) is 0 Å². The molecule has 0 atom stereocenters. The number of aryl methyl sites for hydroxylation is 2. The second kappa shape index (κ2) is 7.50. The molecule has 0 bridgehead atoms. The molecule has 1 aromatic rings. The number of aromatic nitrogens is 2. The molecule has 0 amide bonds. The zero-order valence-corrected chi connectivity index (χ0v) is 11.6. The Hall–Kier alpha value is -0.920. The first kappa shape index (κ1) is 15.1. The summed E-state index contributed by atoms with van der Waals surface area (Å²) < 4.78 is 25.7. The number of H-pyrrole nitrogens is 1. The highest BCUT2D eigenvalue weighted by Crippen LogP contribution is 2.05. The monoisotopic (exact) mass is 274 g/mol. The van der Waals surface area contributed by atoms with E-state index in [1.807, 2.05) is 6.92 Å². The van der Waals surface area contributed by atoms with Gasteiger partial charge in [0.05, 0.1) is 11.9 Å². The Bertz CT molecular complexity index is 442. The molecular formula is C11H22N4O2S. The molecule has 1 rings (SSSR count). The lowest BCUT2D eigenvalue weighted by molar-refractivity contribution is 0.575. The van der Waals surface area contributed by atoms with Crippen LogP contribution in [-0.2, 0) is 16.4 Å². The summed E-state index contributed by atoms with van der Waals surface area (Å²) in [7, 11) is -3.13. The third kappa shape index (κ3) is 5.61. The van der Waals surface area contributed by atoms with Crippen molar-refractivity contribution in [3.63, 3.8) is 0 Å². The van der Waals surface area contributed by atoms with Crippen LogP contribution in [0.3, 0.4) is 0 Å². The molecule has 0 unspecified atom stereocenters. The van der Waals surface area contributed by atoms with E-state index in [9.17, 15) is 8.42 Å². The highest BCUT2D eigenvalue weighted by atomic mass is 32.2. The Morgan fingerprint density at radius 2 is 2.17 bits per heavy atom. The Morgan fingerprint density at radius 1 is 1.39 bits per heavy atom. The largest absolute Gasteiger partial charge is 0.330 e. The minimum atomic E-state index is -3.13. The van der Waals surface area contributed by atoms with Crippen molar-refractivity contribution in [2.45, 2.75) is 32.6 Å². The number of nitrogens with two attached hydrogens (primary N) is 1. The smallest absolute Gasteiger partial charge is 0.211 e. The Balaban J connectivity index is 2.19. The summed E-state index contributed by atoms with van der Waals surface area (Å²) in [5.74, 6) is 0.162. The molecule has 0 radical (unpaired) electrons. The number of unbranched alkanes of at least 4 members (excludes halogenated alkanes) is 1. The molecule has 0 aliphatic carbocycles. The first-order chi connectivity index (χ1) is 8.55. The highest BCUT2D eigenvalue weighted by Gasteiger charge is 2.08. The fourth-order valence-corrected chi connectivity index (χ4v) is 2.83. The number of nitrogens with one attached hydrogen (secondary N) is 2. The zero-order valence-electron chi connectivity index (χ0n) is 10.8. The van der Waals surface area contributed by atoms with Gasteiger partial charge in [0.1, 0.15) is 0 Å². The molecule has 1 heterocycles. The van der Waals surface area contributed by atoms with E-state index in [2.05, 4.69) is 14.9 Å². The van der Waals surface area contributed by atoms with Crippen molar-refractivity contribution in [3.05, 3.63) is 17.5 Å². The normalized spacial score (nSPS) is 11.9. The fraction of sp³-hybridized carbons (Fsp3) is 0.727. The average Bonchev–Trinajstić information content (AvgIpc) is 2.71. The molecule has 104 valence electrons. The standard InChI is InChI=1S/C11H22N4O2S/c1-10-11(9-13-15-10)5-4-7-14-18(16,17)8-3-2-6-12/h9,14H,2-8,12H2,1H3,(H,13,15). The second-order valence-corrected chi connectivity index (χ2v) is 6.26. The molecule has 0 saturated heterocycles. The van der Waals surface area contributed by atoms with Crippen LogP contribution >= 0.6 is 0 Å². The first-order valence-corrected chi connectivity index (χ1v) is 7.86. The molecule has 0 fully saturated rings. The molecular weight excluding hydrogens is 252 g/mol. The summed E-state index contributed by atoms with van der Waals surface area (Å²) in [4.78, 5) is 0. The maximum atomic E-state index is 11.6. The van der Waals surface area contributed by atoms with Crippen molar-refractivity contribution in [3.8, 4) is 0 Å². The maximum Gasteiger partial charge on any atom is 0.211 e. The lowest BCUT2D eigenvalue weighted by Gasteiger charge is -2.06. The number of sulfonamides is 1. The number of aromatic amines is 1. The highest BCUT2D eigenvalue weighted by molar-refractivity contribution is 7.89. The predicted molar refractivity (Wildman–Crippen MR) is 71.7 cm³/mol. The number of rotatable bonds is 9. The van der Waals surface area contributed by atoms with E-state index in [0.717, 1.165) is 30.5 Å². The van der Waals surface area contributed by atoms with Crippen LogP contribution in [0.2, 0.25) is 0 Å². The quantitative estimate of drug-likeness (QED) is 0.564. The molecule has 0 spiro atoms. The van der Waals surface area contributed by atoms with E-state index in [4.69, 9.17) is 5.73 Å². The molecule has 0 aromatic carbocycles. The van der Waals surface area contributed by atoms with Gasteiger partial charge in [-0.3, -0.25) is 5.10 Å². The minimum Gasteiger partial charge on any atom is -0.330 e. The van der Waals surface area contributed by atoms with Gasteiger partial charge in [0.25, 0.3) is 0 Å². The van der Waals surface area contributed by atoms with Crippen LogP contribution in [0.4, 0.5) is 0 Å². The van der Waals surface area contributed by atoms with Crippen LogP contribution in [0.25, 0.3) is 0 Å². The van der Waals surface area contributed by atoms with E-state index in [0.29, 0.717) is 19.5 Å². The molecule has 1 aromatic heterocycles. The number of nitrogens with zero attached hydrogens (tertiary/aromatic N) is 1. The Kier molecular flexibility index (Phi) is 6.31. The van der Waals surface area contributed by atoms with E-state index in [1.165, 1.54) is 0 Å². The second-order valence-electron chi connectivity index (χ2n) is 4.33. The molecule has 6 nitrogen and oxygen atoms in total. The first-order valence-electron chi connectivity index (χ1n) is 6.21. The van der Waals surface area contributed by atoms with Crippen molar-refractivity contribution < 1.29 is 8.42 Å². The third-order valence-corrected chi connectivity index (χ3v) is 4.22. The summed E-state index contributed by atoms with van der Waals surface area (Å²) in [6, 6.07) is 0. The lowest BCUT2D eigenvalue weighted by Crippen LogP contribution is -2.27. The van der Waals surface area contributed by atoms with Crippen LogP contribution in [0, 0.1) is 6.92 Å². The summed E-state index contributed by atoms with van der Waals surface area (Å²) in [6.07, 6.45) is 4.75. The average molecular weight is 274 g/mol. The molecule has 4 N–H and O–H groups in total. The van der Waals surface area contributed by atoms with Gasteiger partial charge in [0, 0.05) is 12.2 Å². The van der Waals surface area contributed by atoms with Gasteiger partial charge >= 0.3 is 0 Å². The molecule has 7 heteroatoms. The number of hydrogen-bond acceptors (Lipinski definition) is 4. The SMILES string of the molecule is Cc1[nH]ncc1CCCNS(=O)(=O)CCCCN. The molecule has 0 aliphatic heterocycles. The summed E-state index contributed by atoms with van der Waals surface area (Å²) >= 11 is 0. The van der Waals surface area contributed by atoms with Gasteiger partial charge in [-0.15, -0.1) is 0 Å². The van der Waals surface area contributed by atoms with Gasteiger partial charge in [-0.1, -0.05) is 0 Å². The molecule has 18 heavy (non-hydrogen) atoms. The topological polar surface area (TPSA) is 101 Å². The van der Waals surface area contributed by atoms with Crippen molar-refractivity contribution in [2.75, 3.05) is 18.8 Å². The predicted octanol–water partition coefficient (Wildman–Crippen LogP) is 0.309. The van der Waals surface area contributed by atoms with Crippen LogP contribution in [0.15, 0.2) is 6.20 Å². The van der Waals surface area contributed by atoms with Crippen molar-refractivity contribution in [2.24, 2.45) is 5.73 Å². The minimum absolute atomic E-state index is 0.162. The van der Waals surface area contributed by atoms with Gasteiger partial charge in [-0.25, -0.2) is 13.1 Å². The van der Waals surface area contributed by atoms with Gasteiger partial charge in [-0.2, -0.15) is 5.10 Å². The van der Waals surface area contributed by atoms with E-state index < -0.39 is 10.0 Å². The maximum absolute atomic E-state index is 11.6. The van der Waals surface area contributed by atoms with Gasteiger partial charge < -0.3 is 5.73 Å². The van der Waals surface area contributed by atoms with E-state index >= 15 is 0 Å². The fourth-order valence-electron chi connectivity index (χ4n) is 1.64. The van der Waals surface area contributed by atoms with Crippen molar-refractivity contribution in [1.29, 1.82) is 0 Å². The van der Waals surface area contributed by atoms with Crippen LogP contribution in [0.1, 0.15) is 30.5 Å². The van der Waals surface area contributed by atoms with Crippen LogP contribution < -0.4 is 10.5 Å². The van der Waals surface area contributed by atoms with Gasteiger partial charge in [0.2, 0.25) is 10.0 Å². The molecule has 0 aliphatic rings. The number of hydrogen-bond donors (Lipinski definition) is 3. The third-order valence-electron chi connectivity index (χ3n) is 2.75. The van der Waals surface area contributed by atoms with Crippen molar-refractivity contribution in [1.82, 2.24) is 14.9 Å². The van der Waals surface area contributed by atoms with Gasteiger partial charge in [-0.05, 0) is 44.7 Å². The summed E-state index contributed by atoms with van der Waals surface area (Å²) in [6.45, 7) is 2.96. The Morgan fingerprint density at radius 3 is 2.78 bits per heavy atom. The lowest BCUT2D eigenvalue weighted by atomic mass is 10.1.